The Labute approximate surface area is 167 Å². The van der Waals surface area contributed by atoms with Crippen LogP contribution in [0.2, 0.25) is 0 Å². The van der Waals surface area contributed by atoms with Crippen LogP contribution in [-0.2, 0) is 17.8 Å². The van der Waals surface area contributed by atoms with Crippen LogP contribution in [0.1, 0.15) is 36.1 Å². The van der Waals surface area contributed by atoms with Crippen LogP contribution in [0.25, 0.3) is 0 Å². The Morgan fingerprint density at radius 2 is 1.57 bits per heavy atom. The van der Waals surface area contributed by atoms with Gasteiger partial charge in [0.05, 0.1) is 13.2 Å². The van der Waals surface area contributed by atoms with Crippen molar-refractivity contribution >= 4 is 5.91 Å². The van der Waals surface area contributed by atoms with E-state index in [9.17, 15) is 4.79 Å². The summed E-state index contributed by atoms with van der Waals surface area (Å²) in [6.45, 7) is 10.4. The standard InChI is InChI=1S/C23H29NO4/c1-5-26-20-12-18-10-11-24(14-19(18)13-21(20)27-6-2)22(25)15-28-23-16(3)8-7-9-17(23)4/h7-9,12-13H,5-6,10-11,14-15H2,1-4H3. The van der Waals surface area contributed by atoms with Crippen molar-refractivity contribution in [3.63, 3.8) is 0 Å². The first-order chi connectivity index (χ1) is 13.5. The highest BCUT2D eigenvalue weighted by atomic mass is 16.5. The van der Waals surface area contributed by atoms with Gasteiger partial charge >= 0.3 is 0 Å². The Bertz CT molecular complexity index is 826. The van der Waals surface area contributed by atoms with Crippen molar-refractivity contribution in [1.82, 2.24) is 4.90 Å². The number of nitrogens with zero attached hydrogens (tertiary/aromatic N) is 1. The highest BCUT2D eigenvalue weighted by Gasteiger charge is 2.23. The Morgan fingerprint density at radius 1 is 0.964 bits per heavy atom. The van der Waals surface area contributed by atoms with Gasteiger partial charge in [-0.25, -0.2) is 0 Å². The van der Waals surface area contributed by atoms with Crippen molar-refractivity contribution in [3.8, 4) is 17.2 Å². The number of carbonyl (C=O) groups is 1. The van der Waals surface area contributed by atoms with Crippen LogP contribution in [0.5, 0.6) is 17.2 Å². The fourth-order valence-electron chi connectivity index (χ4n) is 3.57. The summed E-state index contributed by atoms with van der Waals surface area (Å²) in [5.41, 5.74) is 4.41. The molecule has 1 aliphatic rings. The van der Waals surface area contributed by atoms with Gasteiger partial charge in [0.15, 0.2) is 18.1 Å². The molecular formula is C23H29NO4. The average molecular weight is 383 g/mol. The van der Waals surface area contributed by atoms with Crippen molar-refractivity contribution in [2.45, 2.75) is 40.7 Å². The molecule has 0 aliphatic carbocycles. The molecule has 0 unspecified atom stereocenters. The number of aryl methyl sites for hydroxylation is 2. The SMILES string of the molecule is CCOc1cc2c(cc1OCC)CN(C(=O)COc1c(C)cccc1C)CC2. The van der Waals surface area contributed by atoms with Crippen LogP contribution in [0.15, 0.2) is 30.3 Å². The predicted molar refractivity (Wildman–Crippen MR) is 109 cm³/mol. The van der Waals surface area contributed by atoms with E-state index in [1.165, 1.54) is 5.56 Å². The van der Waals surface area contributed by atoms with E-state index in [1.807, 2.05) is 56.9 Å². The predicted octanol–water partition coefficient (Wildman–Crippen LogP) is 4.06. The molecule has 0 atom stereocenters. The first-order valence-corrected chi connectivity index (χ1v) is 9.91. The summed E-state index contributed by atoms with van der Waals surface area (Å²) in [4.78, 5) is 14.6. The Morgan fingerprint density at radius 3 is 2.18 bits per heavy atom. The van der Waals surface area contributed by atoms with E-state index >= 15 is 0 Å². The third-order valence-electron chi connectivity index (χ3n) is 4.98. The zero-order valence-corrected chi connectivity index (χ0v) is 17.2. The van der Waals surface area contributed by atoms with E-state index < -0.39 is 0 Å². The van der Waals surface area contributed by atoms with Crippen molar-refractivity contribution in [2.24, 2.45) is 0 Å². The monoisotopic (exact) mass is 383 g/mol. The number of carbonyl (C=O) groups excluding carboxylic acids is 1. The van der Waals surface area contributed by atoms with Gasteiger partial charge in [-0.3, -0.25) is 4.79 Å². The van der Waals surface area contributed by atoms with E-state index in [-0.39, 0.29) is 12.5 Å². The number of rotatable bonds is 7. The van der Waals surface area contributed by atoms with Crippen molar-refractivity contribution in [3.05, 3.63) is 52.6 Å². The zero-order valence-electron chi connectivity index (χ0n) is 17.2. The number of hydrogen-bond donors (Lipinski definition) is 0. The smallest absolute Gasteiger partial charge is 0.260 e. The Hall–Kier alpha value is -2.69. The third-order valence-corrected chi connectivity index (χ3v) is 4.98. The normalized spacial score (nSPS) is 13.1. The summed E-state index contributed by atoms with van der Waals surface area (Å²) in [5, 5.41) is 0. The molecule has 0 radical (unpaired) electrons. The minimum Gasteiger partial charge on any atom is -0.490 e. The third kappa shape index (κ3) is 4.41. The quantitative estimate of drug-likeness (QED) is 0.723. The number of ether oxygens (including phenoxy) is 3. The summed E-state index contributed by atoms with van der Waals surface area (Å²) in [6.07, 6.45) is 0.803. The second-order valence-corrected chi connectivity index (χ2v) is 7.01. The summed E-state index contributed by atoms with van der Waals surface area (Å²) < 4.78 is 17.3. The number of para-hydroxylation sites is 1. The van der Waals surface area contributed by atoms with Crippen LogP contribution in [-0.4, -0.2) is 37.2 Å². The molecule has 0 aromatic heterocycles. The lowest BCUT2D eigenvalue weighted by molar-refractivity contribution is -0.134. The van der Waals surface area contributed by atoms with Gasteiger partial charge in [0.1, 0.15) is 5.75 Å². The van der Waals surface area contributed by atoms with Crippen LogP contribution in [0, 0.1) is 13.8 Å². The number of amides is 1. The topological polar surface area (TPSA) is 48.0 Å². The van der Waals surface area contributed by atoms with Crippen LogP contribution in [0.4, 0.5) is 0 Å². The molecule has 0 N–H and O–H groups in total. The number of fused-ring (bicyclic) bond motifs is 1. The second-order valence-electron chi connectivity index (χ2n) is 7.01. The van der Waals surface area contributed by atoms with Crippen molar-refractivity contribution in [2.75, 3.05) is 26.4 Å². The van der Waals surface area contributed by atoms with Gasteiger partial charge in [-0.05, 0) is 68.5 Å². The molecule has 0 saturated carbocycles. The molecular weight excluding hydrogens is 354 g/mol. The van der Waals surface area contributed by atoms with Gasteiger partial charge in [0.2, 0.25) is 0 Å². The minimum absolute atomic E-state index is 0.000137. The van der Waals surface area contributed by atoms with E-state index in [1.54, 1.807) is 0 Å². The molecule has 0 bridgehead atoms. The largest absolute Gasteiger partial charge is 0.490 e. The fourth-order valence-corrected chi connectivity index (χ4v) is 3.57. The van der Waals surface area contributed by atoms with Gasteiger partial charge < -0.3 is 19.1 Å². The number of benzene rings is 2. The van der Waals surface area contributed by atoms with E-state index in [0.717, 1.165) is 40.4 Å². The maximum atomic E-state index is 12.7. The molecule has 5 nitrogen and oxygen atoms in total. The number of hydrogen-bond acceptors (Lipinski definition) is 4. The molecule has 2 aromatic carbocycles. The van der Waals surface area contributed by atoms with E-state index in [2.05, 4.69) is 6.07 Å². The fraction of sp³-hybridized carbons (Fsp3) is 0.435. The summed E-state index contributed by atoms with van der Waals surface area (Å²) in [6, 6.07) is 10.0. The van der Waals surface area contributed by atoms with E-state index in [4.69, 9.17) is 14.2 Å². The molecule has 1 aliphatic heterocycles. The highest BCUT2D eigenvalue weighted by Crippen LogP contribution is 2.34. The van der Waals surface area contributed by atoms with Gasteiger partial charge in [0.25, 0.3) is 5.91 Å². The highest BCUT2D eigenvalue weighted by molar-refractivity contribution is 5.78. The van der Waals surface area contributed by atoms with Crippen molar-refractivity contribution < 1.29 is 19.0 Å². The van der Waals surface area contributed by atoms with Crippen molar-refractivity contribution in [1.29, 1.82) is 0 Å². The molecule has 0 fully saturated rings. The lowest BCUT2D eigenvalue weighted by Crippen LogP contribution is -2.39. The first-order valence-electron chi connectivity index (χ1n) is 9.91. The molecule has 2 aromatic rings. The maximum Gasteiger partial charge on any atom is 0.260 e. The minimum atomic E-state index is 0.000137. The van der Waals surface area contributed by atoms with Gasteiger partial charge in [0, 0.05) is 13.1 Å². The molecule has 3 rings (SSSR count). The molecule has 28 heavy (non-hydrogen) atoms. The molecule has 1 amide bonds. The lowest BCUT2D eigenvalue weighted by Gasteiger charge is -2.30. The average Bonchev–Trinajstić information content (AvgIpc) is 2.68. The Balaban J connectivity index is 1.70. The summed E-state index contributed by atoms with van der Waals surface area (Å²) >= 11 is 0. The molecule has 150 valence electrons. The molecule has 0 saturated heterocycles. The van der Waals surface area contributed by atoms with Gasteiger partial charge in [-0.15, -0.1) is 0 Å². The van der Waals surface area contributed by atoms with Crippen LogP contribution in [0.3, 0.4) is 0 Å². The van der Waals surface area contributed by atoms with Gasteiger partial charge in [-0.1, -0.05) is 18.2 Å². The summed E-state index contributed by atoms with van der Waals surface area (Å²) in [5.74, 6) is 2.32. The first kappa shape index (κ1) is 20.1. The molecule has 0 spiro atoms. The Kier molecular flexibility index (Phi) is 6.45. The van der Waals surface area contributed by atoms with E-state index in [0.29, 0.717) is 26.3 Å². The molecule has 1 heterocycles. The van der Waals surface area contributed by atoms with Gasteiger partial charge in [-0.2, -0.15) is 0 Å². The van der Waals surface area contributed by atoms with Crippen LogP contribution >= 0.6 is 0 Å². The maximum absolute atomic E-state index is 12.7. The van der Waals surface area contributed by atoms with Crippen LogP contribution < -0.4 is 14.2 Å². The molecule has 5 heteroatoms. The second kappa shape index (κ2) is 9.00. The summed E-state index contributed by atoms with van der Waals surface area (Å²) in [7, 11) is 0. The lowest BCUT2D eigenvalue weighted by atomic mass is 9.98. The zero-order chi connectivity index (χ0) is 20.1.